The molecule has 0 unspecified atom stereocenters. The van der Waals surface area contributed by atoms with Crippen molar-refractivity contribution in [2.24, 2.45) is 0 Å². The molecule has 2 aromatic heterocycles. The predicted octanol–water partition coefficient (Wildman–Crippen LogP) is 6.58. The Hall–Kier alpha value is -2.95. The third kappa shape index (κ3) is 6.81. The first-order chi connectivity index (χ1) is 17.0. The van der Waals surface area contributed by atoms with Gasteiger partial charge in [0.1, 0.15) is 10.3 Å². The lowest BCUT2D eigenvalue weighted by Crippen LogP contribution is -2.27. The van der Waals surface area contributed by atoms with Gasteiger partial charge in [-0.05, 0) is 59.5 Å². The number of hydrogen-bond acceptors (Lipinski definition) is 6. The van der Waals surface area contributed by atoms with Crippen LogP contribution < -0.4 is 15.4 Å². The SMILES string of the molecule is O=C(NCCCCCCc1nc2ccccc2s1)Oc1n[nH]c(NC(=O)c2ccccc2Cl)c1Br. The average Bonchev–Trinajstić information content (AvgIpc) is 3.42. The Morgan fingerprint density at radius 2 is 1.83 bits per heavy atom. The van der Waals surface area contributed by atoms with Gasteiger partial charge in [-0.25, -0.2) is 9.78 Å². The Morgan fingerprint density at radius 3 is 2.66 bits per heavy atom. The molecule has 0 radical (unpaired) electrons. The first kappa shape index (κ1) is 25.2. The number of H-pyrrole nitrogens is 1. The van der Waals surface area contributed by atoms with Crippen LogP contribution in [0.15, 0.2) is 53.0 Å². The number of carbonyl (C=O) groups excluding carboxylic acids is 2. The van der Waals surface area contributed by atoms with E-state index < -0.39 is 12.0 Å². The fraction of sp³-hybridized carbons (Fsp3) is 0.250. The summed E-state index contributed by atoms with van der Waals surface area (Å²) >= 11 is 11.1. The van der Waals surface area contributed by atoms with Crippen LogP contribution in [-0.2, 0) is 6.42 Å². The molecule has 11 heteroatoms. The molecule has 0 saturated heterocycles. The summed E-state index contributed by atoms with van der Waals surface area (Å²) in [5, 5.41) is 13.4. The number of aryl methyl sites for hydroxylation is 1. The second-order valence-corrected chi connectivity index (χ2v) is 10.0. The van der Waals surface area contributed by atoms with Crippen LogP contribution in [0.1, 0.15) is 41.0 Å². The van der Waals surface area contributed by atoms with E-state index >= 15 is 0 Å². The summed E-state index contributed by atoms with van der Waals surface area (Å²) in [5.74, 6) is -0.141. The maximum Gasteiger partial charge on any atom is 0.414 e. The van der Waals surface area contributed by atoms with Crippen molar-refractivity contribution in [1.29, 1.82) is 0 Å². The van der Waals surface area contributed by atoms with Gasteiger partial charge < -0.3 is 15.4 Å². The van der Waals surface area contributed by atoms with Gasteiger partial charge in [-0.3, -0.25) is 9.89 Å². The van der Waals surface area contributed by atoms with E-state index in [1.165, 1.54) is 9.71 Å². The number of carbonyl (C=O) groups is 2. The second kappa shape index (κ2) is 12.1. The number of aromatic amines is 1. The normalized spacial score (nSPS) is 10.9. The summed E-state index contributed by atoms with van der Waals surface area (Å²) in [6, 6.07) is 14.9. The first-order valence-corrected chi connectivity index (χ1v) is 13.1. The maximum atomic E-state index is 12.4. The molecule has 0 aliphatic heterocycles. The maximum absolute atomic E-state index is 12.4. The Balaban J connectivity index is 1.14. The lowest BCUT2D eigenvalue weighted by Gasteiger charge is -2.06. The quantitative estimate of drug-likeness (QED) is 0.185. The highest BCUT2D eigenvalue weighted by Gasteiger charge is 2.18. The number of unbranched alkanes of at least 4 members (excludes halogenated alkanes) is 3. The summed E-state index contributed by atoms with van der Waals surface area (Å²) in [7, 11) is 0. The van der Waals surface area contributed by atoms with Crippen molar-refractivity contribution < 1.29 is 14.3 Å². The Kier molecular flexibility index (Phi) is 8.73. The molecule has 0 fully saturated rings. The third-order valence-electron chi connectivity index (χ3n) is 5.15. The van der Waals surface area contributed by atoms with E-state index in [0.29, 0.717) is 21.6 Å². The lowest BCUT2D eigenvalue weighted by molar-refractivity contribution is 0.102. The summed E-state index contributed by atoms with van der Waals surface area (Å²) in [5.41, 5.74) is 1.38. The van der Waals surface area contributed by atoms with Crippen LogP contribution in [0.4, 0.5) is 10.6 Å². The molecule has 8 nitrogen and oxygen atoms in total. The molecule has 0 spiro atoms. The fourth-order valence-electron chi connectivity index (χ4n) is 3.38. The molecule has 2 heterocycles. The predicted molar refractivity (Wildman–Crippen MR) is 142 cm³/mol. The van der Waals surface area contributed by atoms with E-state index in [-0.39, 0.29) is 11.7 Å². The van der Waals surface area contributed by atoms with E-state index in [0.717, 1.165) is 37.6 Å². The number of halogens is 2. The standard InChI is InChI=1S/C24H23BrClN5O3S/c25-20-21(29-22(32)15-9-4-5-10-16(15)26)30-31-23(20)34-24(33)27-14-8-2-1-3-13-19-28-17-11-6-7-12-18(17)35-19/h4-7,9-12H,1-3,8,13-14H2,(H,27,33)(H2,29,30,31,32). The van der Waals surface area contributed by atoms with E-state index in [1.54, 1.807) is 35.6 Å². The van der Waals surface area contributed by atoms with Crippen LogP contribution in [0.25, 0.3) is 10.2 Å². The van der Waals surface area contributed by atoms with Crippen molar-refractivity contribution in [3.8, 4) is 5.88 Å². The Bertz CT molecular complexity index is 1290. The minimum atomic E-state index is -0.615. The molecule has 4 rings (SSSR count). The van der Waals surface area contributed by atoms with Crippen molar-refractivity contribution in [3.05, 3.63) is 68.6 Å². The molecule has 0 saturated carbocycles. The number of aromatic nitrogens is 3. The number of nitrogens with zero attached hydrogens (tertiary/aromatic N) is 2. The topological polar surface area (TPSA) is 109 Å². The zero-order chi connectivity index (χ0) is 24.6. The number of rotatable bonds is 10. The van der Waals surface area contributed by atoms with Crippen LogP contribution >= 0.6 is 38.9 Å². The second-order valence-electron chi connectivity index (χ2n) is 7.71. The van der Waals surface area contributed by atoms with E-state index in [1.807, 2.05) is 18.2 Å². The molecule has 0 atom stereocenters. The van der Waals surface area contributed by atoms with Gasteiger partial charge in [0.05, 0.1) is 25.8 Å². The van der Waals surface area contributed by atoms with Gasteiger partial charge in [0, 0.05) is 6.54 Å². The summed E-state index contributed by atoms with van der Waals surface area (Å²) in [4.78, 5) is 29.2. The van der Waals surface area contributed by atoms with Gasteiger partial charge in [-0.15, -0.1) is 16.4 Å². The van der Waals surface area contributed by atoms with Crippen molar-refractivity contribution in [2.75, 3.05) is 11.9 Å². The van der Waals surface area contributed by atoms with Crippen molar-refractivity contribution in [2.45, 2.75) is 32.1 Å². The summed E-state index contributed by atoms with van der Waals surface area (Å²) in [6.07, 6.45) is 4.32. The molecule has 35 heavy (non-hydrogen) atoms. The molecule has 3 N–H and O–H groups in total. The number of nitrogens with one attached hydrogen (secondary N) is 3. The van der Waals surface area contributed by atoms with Crippen LogP contribution in [0.3, 0.4) is 0 Å². The van der Waals surface area contributed by atoms with Crippen molar-refractivity contribution >= 4 is 66.9 Å². The number of fused-ring (bicyclic) bond motifs is 1. The lowest BCUT2D eigenvalue weighted by atomic mass is 10.1. The zero-order valence-electron chi connectivity index (χ0n) is 18.6. The van der Waals surface area contributed by atoms with Gasteiger partial charge in [0.2, 0.25) is 0 Å². The molecule has 182 valence electrons. The van der Waals surface area contributed by atoms with Gasteiger partial charge in [-0.2, -0.15) is 0 Å². The number of anilines is 1. The van der Waals surface area contributed by atoms with E-state index in [2.05, 4.69) is 47.8 Å². The van der Waals surface area contributed by atoms with E-state index in [9.17, 15) is 9.59 Å². The van der Waals surface area contributed by atoms with E-state index in [4.69, 9.17) is 16.3 Å². The largest absolute Gasteiger partial charge is 0.414 e. The summed E-state index contributed by atoms with van der Waals surface area (Å²) in [6.45, 7) is 0.498. The third-order valence-corrected chi connectivity index (χ3v) is 7.31. The molecule has 0 aliphatic carbocycles. The molecular weight excluding hydrogens is 554 g/mol. The minimum absolute atomic E-state index is 0.0211. The monoisotopic (exact) mass is 575 g/mol. The van der Waals surface area contributed by atoms with Crippen LogP contribution in [0.5, 0.6) is 5.88 Å². The molecule has 0 aliphatic rings. The first-order valence-electron chi connectivity index (χ1n) is 11.1. The number of benzene rings is 2. The Labute approximate surface area is 219 Å². The molecule has 2 amide bonds. The van der Waals surface area contributed by atoms with Crippen molar-refractivity contribution in [3.63, 3.8) is 0 Å². The number of amides is 2. The van der Waals surface area contributed by atoms with Crippen molar-refractivity contribution in [1.82, 2.24) is 20.5 Å². The number of hydrogen-bond donors (Lipinski definition) is 3. The van der Waals surface area contributed by atoms with Gasteiger partial charge in [0.15, 0.2) is 0 Å². The smallest absolute Gasteiger partial charge is 0.388 e. The molecule has 0 bridgehead atoms. The molecule has 4 aromatic rings. The van der Waals surface area contributed by atoms with Gasteiger partial charge in [-0.1, -0.05) is 48.7 Å². The molecule has 2 aromatic carbocycles. The van der Waals surface area contributed by atoms with Gasteiger partial charge >= 0.3 is 6.09 Å². The number of para-hydroxylation sites is 1. The van der Waals surface area contributed by atoms with Crippen LogP contribution in [0.2, 0.25) is 5.02 Å². The highest BCUT2D eigenvalue weighted by atomic mass is 79.9. The van der Waals surface area contributed by atoms with Crippen LogP contribution in [-0.4, -0.2) is 33.7 Å². The minimum Gasteiger partial charge on any atom is -0.388 e. The average molecular weight is 577 g/mol. The highest BCUT2D eigenvalue weighted by molar-refractivity contribution is 9.10. The summed E-state index contributed by atoms with van der Waals surface area (Å²) < 4.78 is 6.78. The number of ether oxygens (including phenoxy) is 1. The van der Waals surface area contributed by atoms with Gasteiger partial charge in [0.25, 0.3) is 11.8 Å². The fourth-order valence-corrected chi connectivity index (χ4v) is 4.97. The Morgan fingerprint density at radius 1 is 1.06 bits per heavy atom. The molecular formula is C24H23BrClN5O3S. The van der Waals surface area contributed by atoms with Crippen LogP contribution in [0, 0.1) is 0 Å². The highest BCUT2D eigenvalue weighted by Crippen LogP contribution is 2.30. The zero-order valence-corrected chi connectivity index (χ0v) is 21.8. The number of thiazole rings is 1.